The first kappa shape index (κ1) is 5.85. The molecule has 1 heterocycles. The van der Waals surface area contributed by atoms with Crippen LogP contribution in [0.1, 0.15) is 4.88 Å². The fourth-order valence-electron chi connectivity index (χ4n) is 0.379. The number of carbonyl (C=O) groups excluding carboxylic acids is 1. The average Bonchev–Trinajstić information content (AvgIpc) is 2.14. The Kier molecular flexibility index (Phi) is 1.70. The molecule has 0 N–H and O–H groups in total. The van der Waals surface area contributed by atoms with Crippen molar-refractivity contribution in [3.63, 3.8) is 0 Å². The van der Waals surface area contributed by atoms with Gasteiger partial charge in [-0.05, 0) is 11.4 Å². The van der Waals surface area contributed by atoms with Crippen LogP contribution in [0.15, 0.2) is 16.3 Å². The maximum Gasteiger partial charge on any atom is 0.245 e. The van der Waals surface area contributed by atoms with Crippen LogP contribution in [-0.4, -0.2) is 6.29 Å². The van der Waals surface area contributed by atoms with E-state index in [4.69, 9.17) is 0 Å². The van der Waals surface area contributed by atoms with Gasteiger partial charge in [-0.3, -0.25) is 4.79 Å². The van der Waals surface area contributed by atoms with Crippen molar-refractivity contribution in [3.8, 4) is 0 Å². The van der Waals surface area contributed by atoms with Crippen molar-refractivity contribution in [2.45, 2.75) is 4.90 Å². The van der Waals surface area contributed by atoms with Crippen LogP contribution in [0.3, 0.4) is 0 Å². The summed E-state index contributed by atoms with van der Waals surface area (Å²) in [5.41, 5.74) is 0. The first-order chi connectivity index (χ1) is 3.84. The molecule has 0 amide bonds. The Morgan fingerprint density at radius 3 is 2.75 bits per heavy atom. The quantitative estimate of drug-likeness (QED) is 0.589. The summed E-state index contributed by atoms with van der Waals surface area (Å²) in [6.07, 6.45) is 1.77. The maximum atomic E-state index is 9.92. The molecule has 1 aromatic heterocycles. The molecular formula is C5H3OS2. The summed E-state index contributed by atoms with van der Waals surface area (Å²) in [6.45, 7) is 0. The number of rotatable bonds is 1. The van der Waals surface area contributed by atoms with E-state index in [0.717, 1.165) is 0 Å². The fourth-order valence-corrected chi connectivity index (χ4v) is 1.34. The Bertz CT molecular complexity index is 192. The fraction of sp³-hybridized carbons (Fsp3) is 0. The highest BCUT2D eigenvalue weighted by Crippen LogP contribution is 2.16. The third kappa shape index (κ3) is 0.928. The molecule has 0 aromatic carbocycles. The molecule has 1 radical (unpaired) electrons. The zero-order valence-corrected chi connectivity index (χ0v) is 5.63. The first-order valence-corrected chi connectivity index (χ1v) is 3.32. The van der Waals surface area contributed by atoms with Gasteiger partial charge in [-0.15, -0.1) is 24.0 Å². The molecule has 3 heteroatoms. The minimum Gasteiger partial charge on any atom is -0.284 e. The third-order valence-electron chi connectivity index (χ3n) is 0.737. The SMILES string of the molecule is O=[C]c1sccc1S. The van der Waals surface area contributed by atoms with Gasteiger partial charge in [-0.1, -0.05) is 0 Å². The van der Waals surface area contributed by atoms with Crippen LogP contribution in [0.25, 0.3) is 0 Å². The Morgan fingerprint density at radius 2 is 2.50 bits per heavy atom. The first-order valence-electron chi connectivity index (χ1n) is 1.99. The summed E-state index contributed by atoms with van der Waals surface area (Å²) in [6, 6.07) is 1.77. The lowest BCUT2D eigenvalue weighted by Crippen LogP contribution is -1.68. The molecule has 0 unspecified atom stereocenters. The van der Waals surface area contributed by atoms with Gasteiger partial charge in [0.25, 0.3) is 0 Å². The molecule has 0 aliphatic carbocycles. The summed E-state index contributed by atoms with van der Waals surface area (Å²) in [5, 5.41) is 1.81. The number of thiol groups is 1. The second-order valence-electron chi connectivity index (χ2n) is 1.24. The average molecular weight is 143 g/mol. The summed E-state index contributed by atoms with van der Waals surface area (Å²) < 4.78 is 0. The summed E-state index contributed by atoms with van der Waals surface area (Å²) >= 11 is 5.33. The van der Waals surface area contributed by atoms with Crippen LogP contribution in [0.4, 0.5) is 0 Å². The van der Waals surface area contributed by atoms with E-state index in [2.05, 4.69) is 12.6 Å². The number of thiophene rings is 1. The van der Waals surface area contributed by atoms with Crippen LogP contribution in [0, 0.1) is 0 Å². The highest BCUT2D eigenvalue weighted by molar-refractivity contribution is 7.80. The standard InChI is InChI=1S/C5H3OS2/c6-3-5-4(7)1-2-8-5/h1-2,7H. The minimum atomic E-state index is 0.577. The topological polar surface area (TPSA) is 17.1 Å². The van der Waals surface area contributed by atoms with Crippen molar-refractivity contribution in [3.05, 3.63) is 16.3 Å². The van der Waals surface area contributed by atoms with Gasteiger partial charge >= 0.3 is 0 Å². The molecule has 8 heavy (non-hydrogen) atoms. The van der Waals surface area contributed by atoms with Gasteiger partial charge < -0.3 is 0 Å². The molecule has 0 aliphatic heterocycles. The maximum absolute atomic E-state index is 9.92. The van der Waals surface area contributed by atoms with E-state index < -0.39 is 0 Å². The predicted molar refractivity (Wildman–Crippen MR) is 36.4 cm³/mol. The van der Waals surface area contributed by atoms with Gasteiger partial charge in [0, 0.05) is 4.90 Å². The molecule has 0 aliphatic rings. The normalized spacial score (nSPS) is 9.12. The van der Waals surface area contributed by atoms with Crippen LogP contribution in [0.5, 0.6) is 0 Å². The van der Waals surface area contributed by atoms with Crippen LogP contribution in [-0.2, 0) is 4.79 Å². The molecule has 41 valence electrons. The number of hydrogen-bond acceptors (Lipinski definition) is 3. The van der Waals surface area contributed by atoms with Gasteiger partial charge in [0.15, 0.2) is 0 Å². The van der Waals surface area contributed by atoms with E-state index in [-0.39, 0.29) is 0 Å². The second-order valence-corrected chi connectivity index (χ2v) is 2.63. The van der Waals surface area contributed by atoms with Crippen molar-refractivity contribution < 1.29 is 4.79 Å². The molecule has 0 spiro atoms. The van der Waals surface area contributed by atoms with Crippen LogP contribution >= 0.6 is 24.0 Å². The smallest absolute Gasteiger partial charge is 0.245 e. The molecule has 0 saturated heterocycles. The van der Waals surface area contributed by atoms with Gasteiger partial charge in [0.2, 0.25) is 6.29 Å². The van der Waals surface area contributed by atoms with Crippen LogP contribution < -0.4 is 0 Å². The van der Waals surface area contributed by atoms with E-state index in [0.29, 0.717) is 9.77 Å². The zero-order valence-electron chi connectivity index (χ0n) is 3.92. The Hall–Kier alpha value is -0.280. The highest BCUT2D eigenvalue weighted by atomic mass is 32.1. The highest BCUT2D eigenvalue weighted by Gasteiger charge is 1.95. The molecule has 1 aromatic rings. The van der Waals surface area contributed by atoms with E-state index in [1.165, 1.54) is 11.3 Å². The predicted octanol–water partition coefficient (Wildman–Crippen LogP) is 1.49. The van der Waals surface area contributed by atoms with Gasteiger partial charge in [0.1, 0.15) is 0 Å². The van der Waals surface area contributed by atoms with Gasteiger partial charge in [-0.25, -0.2) is 0 Å². The molecule has 0 fully saturated rings. The van der Waals surface area contributed by atoms with E-state index >= 15 is 0 Å². The zero-order chi connectivity index (χ0) is 5.98. The van der Waals surface area contributed by atoms with Crippen molar-refractivity contribution in [2.75, 3.05) is 0 Å². The van der Waals surface area contributed by atoms with E-state index in [9.17, 15) is 4.79 Å². The molecule has 1 rings (SSSR count). The summed E-state index contributed by atoms with van der Waals surface area (Å²) in [7, 11) is 0. The monoisotopic (exact) mass is 143 g/mol. The van der Waals surface area contributed by atoms with Crippen molar-refractivity contribution in [1.82, 2.24) is 0 Å². The van der Waals surface area contributed by atoms with Crippen LogP contribution in [0.2, 0.25) is 0 Å². The van der Waals surface area contributed by atoms with Gasteiger partial charge in [0.05, 0.1) is 4.88 Å². The van der Waals surface area contributed by atoms with E-state index in [1.807, 2.05) is 5.38 Å². The summed E-state index contributed by atoms with van der Waals surface area (Å²) in [4.78, 5) is 11.2. The van der Waals surface area contributed by atoms with Crippen molar-refractivity contribution in [2.24, 2.45) is 0 Å². The largest absolute Gasteiger partial charge is 0.284 e. The molecular weight excluding hydrogens is 140 g/mol. The van der Waals surface area contributed by atoms with E-state index in [1.54, 1.807) is 12.4 Å². The Morgan fingerprint density at radius 1 is 1.75 bits per heavy atom. The molecule has 0 atom stereocenters. The molecule has 0 bridgehead atoms. The van der Waals surface area contributed by atoms with Gasteiger partial charge in [-0.2, -0.15) is 0 Å². The summed E-state index contributed by atoms with van der Waals surface area (Å²) in [5.74, 6) is 0. The van der Waals surface area contributed by atoms with Crippen molar-refractivity contribution in [1.29, 1.82) is 0 Å². The Labute approximate surface area is 56.8 Å². The Balaban J connectivity index is 3.09. The lowest BCUT2D eigenvalue weighted by atomic mass is 10.5. The third-order valence-corrected chi connectivity index (χ3v) is 2.07. The number of hydrogen-bond donors (Lipinski definition) is 1. The second kappa shape index (κ2) is 2.33. The minimum absolute atomic E-state index is 0.577. The lowest BCUT2D eigenvalue weighted by molar-refractivity contribution is 0.563. The lowest BCUT2D eigenvalue weighted by Gasteiger charge is -1.76. The van der Waals surface area contributed by atoms with Crippen molar-refractivity contribution >= 4 is 30.3 Å². The molecule has 1 nitrogen and oxygen atoms in total. The molecule has 0 saturated carbocycles.